The zero-order chi connectivity index (χ0) is 12.3. The molecule has 1 aromatic heterocycles. The lowest BCUT2D eigenvalue weighted by molar-refractivity contribution is 0.0635. The Bertz CT molecular complexity index is 404. The first kappa shape index (κ1) is 13.3. The predicted molar refractivity (Wildman–Crippen MR) is 66.8 cm³/mol. The molecule has 1 rings (SSSR count). The van der Waals surface area contributed by atoms with Crippen molar-refractivity contribution in [2.75, 3.05) is 5.32 Å². The van der Waals surface area contributed by atoms with E-state index in [1.807, 2.05) is 0 Å². The van der Waals surface area contributed by atoms with Crippen molar-refractivity contribution in [3.63, 3.8) is 0 Å². The van der Waals surface area contributed by atoms with E-state index in [0.29, 0.717) is 15.3 Å². The molecule has 1 amide bonds. The van der Waals surface area contributed by atoms with E-state index in [2.05, 4.69) is 26.2 Å². The number of nitrogens with one attached hydrogen (secondary N) is 1. The van der Waals surface area contributed by atoms with Gasteiger partial charge in [-0.3, -0.25) is 5.32 Å². The summed E-state index contributed by atoms with van der Waals surface area (Å²) in [6.45, 7) is 5.36. The van der Waals surface area contributed by atoms with E-state index in [4.69, 9.17) is 16.3 Å². The van der Waals surface area contributed by atoms with E-state index in [1.54, 1.807) is 20.8 Å². The van der Waals surface area contributed by atoms with Gasteiger partial charge in [-0.1, -0.05) is 11.6 Å². The van der Waals surface area contributed by atoms with Crippen molar-refractivity contribution in [3.05, 3.63) is 21.8 Å². The molecule has 0 atom stereocenters. The molecule has 0 aromatic carbocycles. The molecule has 4 nitrogen and oxygen atoms in total. The predicted octanol–water partition coefficient (Wildman–Crippen LogP) is 3.84. The van der Waals surface area contributed by atoms with Crippen LogP contribution in [0, 0.1) is 0 Å². The maximum absolute atomic E-state index is 11.4. The first-order valence-electron chi connectivity index (χ1n) is 4.59. The minimum atomic E-state index is -0.557. The molecule has 1 heterocycles. The van der Waals surface area contributed by atoms with Crippen LogP contribution in [0.1, 0.15) is 20.8 Å². The average molecular weight is 308 g/mol. The fourth-order valence-electron chi connectivity index (χ4n) is 0.891. The maximum Gasteiger partial charge on any atom is 0.413 e. The summed E-state index contributed by atoms with van der Waals surface area (Å²) in [6.07, 6.45) is 0.952. The van der Waals surface area contributed by atoms with Gasteiger partial charge in [0.15, 0.2) is 0 Å². The summed E-state index contributed by atoms with van der Waals surface area (Å²) < 4.78 is 5.74. The van der Waals surface area contributed by atoms with Gasteiger partial charge in [-0.05, 0) is 36.7 Å². The summed E-state index contributed by atoms with van der Waals surface area (Å²) in [7, 11) is 0. The van der Waals surface area contributed by atoms with Crippen LogP contribution in [0.25, 0.3) is 0 Å². The van der Waals surface area contributed by atoms with Crippen LogP contribution in [0.4, 0.5) is 10.6 Å². The number of rotatable bonds is 1. The minimum absolute atomic E-state index is 0.349. The van der Waals surface area contributed by atoms with Crippen molar-refractivity contribution in [1.82, 2.24) is 4.98 Å². The monoisotopic (exact) mass is 306 g/mol. The zero-order valence-electron chi connectivity index (χ0n) is 9.17. The van der Waals surface area contributed by atoms with Crippen LogP contribution in [-0.4, -0.2) is 16.7 Å². The van der Waals surface area contributed by atoms with E-state index in [-0.39, 0.29) is 0 Å². The SMILES string of the molecule is CC(C)(C)OC(=O)Nc1cc(Cl)c(Br)cn1. The van der Waals surface area contributed by atoms with Crippen LogP contribution in [0.3, 0.4) is 0 Å². The summed E-state index contributed by atoms with van der Waals surface area (Å²) in [4.78, 5) is 15.4. The Kier molecular flexibility index (Phi) is 4.15. The number of anilines is 1. The number of pyridine rings is 1. The van der Waals surface area contributed by atoms with Crippen molar-refractivity contribution in [2.24, 2.45) is 0 Å². The lowest BCUT2D eigenvalue weighted by Crippen LogP contribution is -2.27. The normalized spacial score (nSPS) is 11.1. The van der Waals surface area contributed by atoms with Gasteiger partial charge in [-0.2, -0.15) is 0 Å². The summed E-state index contributed by atoms with van der Waals surface area (Å²) >= 11 is 9.06. The fraction of sp³-hybridized carbons (Fsp3) is 0.400. The van der Waals surface area contributed by atoms with Gasteiger partial charge >= 0.3 is 6.09 Å². The molecular formula is C10H12BrClN2O2. The quantitative estimate of drug-likeness (QED) is 0.857. The highest BCUT2D eigenvalue weighted by Crippen LogP contribution is 2.23. The Balaban J connectivity index is 2.67. The number of carbonyl (C=O) groups excluding carboxylic acids is 1. The number of halogens is 2. The van der Waals surface area contributed by atoms with Gasteiger partial charge in [0, 0.05) is 12.3 Å². The second-order valence-electron chi connectivity index (χ2n) is 4.11. The molecule has 0 spiro atoms. The van der Waals surface area contributed by atoms with Gasteiger partial charge in [0.05, 0.1) is 9.50 Å². The summed E-state index contributed by atoms with van der Waals surface area (Å²) in [5.41, 5.74) is -0.538. The standard InChI is InChI=1S/C10H12BrClN2O2/c1-10(2,3)16-9(15)14-8-4-7(12)6(11)5-13-8/h4-5H,1-3H3,(H,13,14,15). The average Bonchev–Trinajstić information content (AvgIpc) is 2.08. The molecule has 0 bridgehead atoms. The van der Waals surface area contributed by atoms with Gasteiger partial charge in [0.1, 0.15) is 11.4 Å². The lowest BCUT2D eigenvalue weighted by Gasteiger charge is -2.19. The molecule has 0 saturated heterocycles. The molecule has 0 radical (unpaired) electrons. The number of hydrogen-bond acceptors (Lipinski definition) is 3. The summed E-state index contributed by atoms with van der Waals surface area (Å²) in [6, 6.07) is 1.54. The highest BCUT2D eigenvalue weighted by molar-refractivity contribution is 9.10. The number of carbonyl (C=O) groups is 1. The van der Waals surface area contributed by atoms with Crippen LogP contribution in [0.2, 0.25) is 5.02 Å². The topological polar surface area (TPSA) is 51.2 Å². The van der Waals surface area contributed by atoms with Crippen LogP contribution in [0.5, 0.6) is 0 Å². The maximum atomic E-state index is 11.4. The van der Waals surface area contributed by atoms with Crippen molar-refractivity contribution in [1.29, 1.82) is 0 Å². The third kappa shape index (κ3) is 4.37. The number of aromatic nitrogens is 1. The molecular weight excluding hydrogens is 295 g/mol. The first-order chi connectivity index (χ1) is 7.28. The molecule has 6 heteroatoms. The highest BCUT2D eigenvalue weighted by Gasteiger charge is 2.16. The Morgan fingerprint density at radius 1 is 1.56 bits per heavy atom. The molecule has 88 valence electrons. The zero-order valence-corrected chi connectivity index (χ0v) is 11.5. The lowest BCUT2D eigenvalue weighted by atomic mass is 10.2. The van der Waals surface area contributed by atoms with Gasteiger partial charge < -0.3 is 4.74 Å². The van der Waals surface area contributed by atoms with E-state index in [9.17, 15) is 4.79 Å². The van der Waals surface area contributed by atoms with Crippen molar-refractivity contribution in [2.45, 2.75) is 26.4 Å². The first-order valence-corrected chi connectivity index (χ1v) is 5.76. The van der Waals surface area contributed by atoms with Crippen LogP contribution in [0.15, 0.2) is 16.7 Å². The van der Waals surface area contributed by atoms with Crippen molar-refractivity contribution in [3.8, 4) is 0 Å². The number of hydrogen-bond donors (Lipinski definition) is 1. The number of amides is 1. The van der Waals surface area contributed by atoms with E-state index >= 15 is 0 Å². The Morgan fingerprint density at radius 3 is 2.69 bits per heavy atom. The molecule has 0 saturated carbocycles. The second kappa shape index (κ2) is 5.01. The Hall–Kier alpha value is -0.810. The summed E-state index contributed by atoms with van der Waals surface area (Å²) in [5, 5.41) is 2.96. The minimum Gasteiger partial charge on any atom is -0.444 e. The van der Waals surface area contributed by atoms with E-state index in [1.165, 1.54) is 12.3 Å². The van der Waals surface area contributed by atoms with Crippen LogP contribution in [-0.2, 0) is 4.74 Å². The van der Waals surface area contributed by atoms with Gasteiger partial charge in [0.2, 0.25) is 0 Å². The van der Waals surface area contributed by atoms with Crippen LogP contribution < -0.4 is 5.32 Å². The molecule has 0 unspecified atom stereocenters. The second-order valence-corrected chi connectivity index (χ2v) is 5.37. The third-order valence-electron chi connectivity index (χ3n) is 1.44. The van der Waals surface area contributed by atoms with Gasteiger partial charge in [0.25, 0.3) is 0 Å². The summed E-state index contributed by atoms with van der Waals surface area (Å²) in [5.74, 6) is 0.349. The smallest absolute Gasteiger partial charge is 0.413 e. The van der Waals surface area contributed by atoms with E-state index in [0.717, 1.165) is 0 Å². The largest absolute Gasteiger partial charge is 0.444 e. The number of nitrogens with zero attached hydrogens (tertiary/aromatic N) is 1. The Morgan fingerprint density at radius 2 is 2.19 bits per heavy atom. The van der Waals surface area contributed by atoms with Gasteiger partial charge in [-0.25, -0.2) is 9.78 Å². The molecule has 1 aromatic rings. The number of ether oxygens (including phenoxy) is 1. The molecule has 0 aliphatic carbocycles. The fourth-order valence-corrected chi connectivity index (χ4v) is 1.26. The highest BCUT2D eigenvalue weighted by atomic mass is 79.9. The molecule has 16 heavy (non-hydrogen) atoms. The molecule has 1 N–H and O–H groups in total. The van der Waals surface area contributed by atoms with Crippen molar-refractivity contribution < 1.29 is 9.53 Å². The third-order valence-corrected chi connectivity index (χ3v) is 2.61. The van der Waals surface area contributed by atoms with Gasteiger partial charge in [-0.15, -0.1) is 0 Å². The molecule has 0 aliphatic heterocycles. The van der Waals surface area contributed by atoms with Crippen molar-refractivity contribution >= 4 is 39.4 Å². The Labute approximate surface area is 107 Å². The van der Waals surface area contributed by atoms with E-state index < -0.39 is 11.7 Å². The van der Waals surface area contributed by atoms with Crippen LogP contribution >= 0.6 is 27.5 Å². The molecule has 0 aliphatic rings. The molecule has 0 fully saturated rings.